The van der Waals surface area contributed by atoms with Crippen LogP contribution in [0.15, 0.2) is 34.9 Å². The van der Waals surface area contributed by atoms with Gasteiger partial charge in [0, 0.05) is 30.6 Å². The predicted octanol–water partition coefficient (Wildman–Crippen LogP) is 2.37. The van der Waals surface area contributed by atoms with Gasteiger partial charge in [-0.3, -0.25) is 10.00 Å². The summed E-state index contributed by atoms with van der Waals surface area (Å²) >= 11 is 0. The molecule has 2 aromatic heterocycles. The fraction of sp³-hybridized carbons (Fsp3) is 0.167. The number of nitrogens with one attached hydrogen (secondary N) is 1. The van der Waals surface area contributed by atoms with Gasteiger partial charge in [0.15, 0.2) is 11.4 Å². The summed E-state index contributed by atoms with van der Waals surface area (Å²) < 4.78 is 7.37. The van der Waals surface area contributed by atoms with Crippen LogP contribution in [-0.4, -0.2) is 14.8 Å². The summed E-state index contributed by atoms with van der Waals surface area (Å²) in [5.41, 5.74) is 7.76. The lowest BCUT2D eigenvalue weighted by molar-refractivity contribution is 0.619. The lowest BCUT2D eigenvalue weighted by Gasteiger charge is -1.95. The molecule has 0 aliphatic heterocycles. The molecule has 3 N–H and O–H groups in total. The summed E-state index contributed by atoms with van der Waals surface area (Å²) in [6, 6.07) is 7.65. The monoisotopic (exact) mass is 243 g/mol. The van der Waals surface area contributed by atoms with Gasteiger partial charge in [0.25, 0.3) is 0 Å². The van der Waals surface area contributed by atoms with Crippen LogP contribution in [0.1, 0.15) is 6.92 Å². The number of hydrogen-bond donors (Lipinski definition) is 2. The van der Waals surface area contributed by atoms with Crippen LogP contribution < -0.4 is 11.1 Å². The Kier molecular flexibility index (Phi) is 2.40. The molecule has 0 amide bonds. The maximum absolute atomic E-state index is 5.68. The summed E-state index contributed by atoms with van der Waals surface area (Å²) in [5, 5.41) is 7.31. The zero-order valence-electron chi connectivity index (χ0n) is 9.92. The Morgan fingerprint density at radius 2 is 2.28 bits per heavy atom. The van der Waals surface area contributed by atoms with Crippen LogP contribution in [-0.2, 0) is 6.54 Å². The number of aromatic nitrogens is 3. The van der Waals surface area contributed by atoms with Crippen LogP contribution in [0.5, 0.6) is 0 Å². The predicted molar refractivity (Wildman–Crippen MR) is 69.6 cm³/mol. The Bertz CT molecular complexity index is 685. The molecule has 3 rings (SSSR count). The molecule has 6 heteroatoms. The van der Waals surface area contributed by atoms with E-state index in [1.54, 1.807) is 12.1 Å². The van der Waals surface area contributed by atoms with Crippen molar-refractivity contribution in [2.45, 2.75) is 13.5 Å². The van der Waals surface area contributed by atoms with E-state index >= 15 is 0 Å². The average Bonchev–Trinajstić information content (AvgIpc) is 2.95. The summed E-state index contributed by atoms with van der Waals surface area (Å²) in [5.74, 6) is 0.705. The molecule has 3 aromatic rings. The van der Waals surface area contributed by atoms with Crippen molar-refractivity contribution in [3.8, 4) is 0 Å². The minimum atomic E-state index is 0.414. The molecule has 0 unspecified atom stereocenters. The Hall–Kier alpha value is -2.50. The van der Waals surface area contributed by atoms with Crippen molar-refractivity contribution in [3.63, 3.8) is 0 Å². The van der Waals surface area contributed by atoms with Crippen LogP contribution in [0.3, 0.4) is 0 Å². The van der Waals surface area contributed by atoms with Crippen LogP contribution in [0.2, 0.25) is 0 Å². The molecule has 92 valence electrons. The van der Waals surface area contributed by atoms with E-state index < -0.39 is 0 Å². The highest BCUT2D eigenvalue weighted by atomic mass is 16.4. The number of rotatable bonds is 3. The van der Waals surface area contributed by atoms with Crippen LogP contribution in [0.25, 0.3) is 11.1 Å². The van der Waals surface area contributed by atoms with E-state index in [1.807, 2.05) is 29.9 Å². The first kappa shape index (κ1) is 10.6. The Morgan fingerprint density at radius 3 is 3.06 bits per heavy atom. The molecule has 1 aromatic carbocycles. The molecule has 0 saturated carbocycles. The van der Waals surface area contributed by atoms with E-state index in [1.165, 1.54) is 0 Å². The number of nitrogens with two attached hydrogens (primary N) is 1. The third-order valence-corrected chi connectivity index (χ3v) is 2.61. The summed E-state index contributed by atoms with van der Waals surface area (Å²) in [4.78, 5) is 4.30. The zero-order valence-corrected chi connectivity index (χ0v) is 9.92. The Morgan fingerprint density at radius 1 is 1.39 bits per heavy atom. The van der Waals surface area contributed by atoms with Crippen molar-refractivity contribution >= 4 is 28.6 Å². The number of hydrogen-bond acceptors (Lipinski definition) is 5. The highest BCUT2D eigenvalue weighted by molar-refractivity contribution is 5.78. The molecular formula is C12H13N5O. The van der Waals surface area contributed by atoms with Gasteiger partial charge in [-0.1, -0.05) is 0 Å². The number of fused-ring (bicyclic) bond motifs is 1. The second-order valence-corrected chi connectivity index (χ2v) is 3.93. The molecule has 6 nitrogen and oxygen atoms in total. The van der Waals surface area contributed by atoms with E-state index in [0.717, 1.165) is 12.1 Å². The van der Waals surface area contributed by atoms with Gasteiger partial charge in [-0.05, 0) is 19.1 Å². The molecule has 18 heavy (non-hydrogen) atoms. The topological polar surface area (TPSA) is 81.9 Å². The van der Waals surface area contributed by atoms with Crippen molar-refractivity contribution in [3.05, 3.63) is 30.5 Å². The average molecular weight is 243 g/mol. The van der Waals surface area contributed by atoms with Crippen LogP contribution >= 0.6 is 0 Å². The lowest BCUT2D eigenvalue weighted by Crippen LogP contribution is -1.96. The Balaban J connectivity index is 1.90. The number of benzene rings is 1. The van der Waals surface area contributed by atoms with Gasteiger partial charge in [0.05, 0.1) is 0 Å². The van der Waals surface area contributed by atoms with E-state index in [9.17, 15) is 0 Å². The molecule has 0 aliphatic carbocycles. The molecule has 2 heterocycles. The van der Waals surface area contributed by atoms with Gasteiger partial charge in [0.2, 0.25) is 0 Å². The first-order valence-electron chi connectivity index (χ1n) is 5.71. The summed E-state index contributed by atoms with van der Waals surface area (Å²) in [6.45, 7) is 2.85. The highest BCUT2D eigenvalue weighted by Crippen LogP contribution is 2.22. The minimum Gasteiger partial charge on any atom is -0.423 e. The van der Waals surface area contributed by atoms with Crippen molar-refractivity contribution in [1.29, 1.82) is 0 Å². The fourth-order valence-electron chi connectivity index (χ4n) is 1.71. The second-order valence-electron chi connectivity index (χ2n) is 3.93. The summed E-state index contributed by atoms with van der Waals surface area (Å²) in [7, 11) is 0. The van der Waals surface area contributed by atoms with Crippen LogP contribution in [0, 0.1) is 0 Å². The van der Waals surface area contributed by atoms with E-state index in [2.05, 4.69) is 15.4 Å². The normalized spacial score (nSPS) is 10.9. The largest absolute Gasteiger partial charge is 0.423 e. The molecule has 0 spiro atoms. The van der Waals surface area contributed by atoms with Crippen molar-refractivity contribution in [2.75, 3.05) is 11.1 Å². The number of anilines is 3. The van der Waals surface area contributed by atoms with Crippen LogP contribution in [0.4, 0.5) is 17.5 Å². The molecule has 0 radical (unpaired) electrons. The standard InChI is InChI=1S/C12H13N5O/c1-2-17-6-5-11(16-17)15-12-14-9-4-3-8(13)7-10(9)18-12/h3-7H,2,13H2,1H3,(H,14,15,16). The third kappa shape index (κ3) is 1.88. The minimum absolute atomic E-state index is 0.414. The van der Waals surface area contributed by atoms with Crippen molar-refractivity contribution in [2.24, 2.45) is 0 Å². The first-order valence-corrected chi connectivity index (χ1v) is 5.71. The number of oxazole rings is 1. The Labute approximate surface area is 103 Å². The molecule has 0 bridgehead atoms. The van der Waals surface area contributed by atoms with Gasteiger partial charge in [0.1, 0.15) is 5.52 Å². The number of nitrogen functional groups attached to an aromatic ring is 1. The second kappa shape index (κ2) is 4.06. The number of aryl methyl sites for hydroxylation is 1. The van der Waals surface area contributed by atoms with Crippen molar-refractivity contribution < 1.29 is 4.42 Å². The number of nitrogens with zero attached hydrogens (tertiary/aromatic N) is 3. The quantitative estimate of drug-likeness (QED) is 0.690. The smallest absolute Gasteiger partial charge is 0.301 e. The zero-order chi connectivity index (χ0) is 12.5. The molecule has 0 aliphatic rings. The molecule has 0 atom stereocenters. The van der Waals surface area contributed by atoms with E-state index in [0.29, 0.717) is 23.1 Å². The van der Waals surface area contributed by atoms with Gasteiger partial charge < -0.3 is 10.2 Å². The maximum atomic E-state index is 5.68. The molecule has 0 fully saturated rings. The maximum Gasteiger partial charge on any atom is 0.301 e. The highest BCUT2D eigenvalue weighted by Gasteiger charge is 2.07. The van der Waals surface area contributed by atoms with Gasteiger partial charge >= 0.3 is 6.01 Å². The first-order chi connectivity index (χ1) is 8.74. The van der Waals surface area contributed by atoms with E-state index in [-0.39, 0.29) is 0 Å². The van der Waals surface area contributed by atoms with Gasteiger partial charge in [-0.15, -0.1) is 0 Å². The molecule has 0 saturated heterocycles. The summed E-state index contributed by atoms with van der Waals surface area (Å²) in [6.07, 6.45) is 1.89. The van der Waals surface area contributed by atoms with Crippen molar-refractivity contribution in [1.82, 2.24) is 14.8 Å². The lowest BCUT2D eigenvalue weighted by atomic mass is 10.3. The third-order valence-electron chi connectivity index (χ3n) is 2.61. The van der Waals surface area contributed by atoms with Gasteiger partial charge in [-0.25, -0.2) is 0 Å². The SMILES string of the molecule is CCn1ccc(Nc2nc3ccc(N)cc3o2)n1. The van der Waals surface area contributed by atoms with Gasteiger partial charge in [-0.2, -0.15) is 10.1 Å². The fourth-order valence-corrected chi connectivity index (χ4v) is 1.71. The van der Waals surface area contributed by atoms with E-state index in [4.69, 9.17) is 10.2 Å². The molecular weight excluding hydrogens is 230 g/mol.